The Hall–Kier alpha value is -2.88. The molecule has 4 N–H and O–H groups in total. The van der Waals surface area contributed by atoms with Crippen LogP contribution in [0.25, 0.3) is 17.1 Å². The van der Waals surface area contributed by atoms with Gasteiger partial charge in [0.05, 0.1) is 29.1 Å². The third kappa shape index (κ3) is 4.58. The van der Waals surface area contributed by atoms with Crippen molar-refractivity contribution in [2.45, 2.75) is 38.1 Å². The second-order valence-corrected chi connectivity index (χ2v) is 9.69. The molecule has 3 atom stereocenters. The second-order valence-electron chi connectivity index (χ2n) is 7.94. The Morgan fingerprint density at radius 2 is 2.00 bits per heavy atom. The van der Waals surface area contributed by atoms with Gasteiger partial charge in [0, 0.05) is 24.2 Å². The molecule has 1 aliphatic rings. The fraction of sp³-hybridized carbons (Fsp3) is 0.318. The molecule has 0 amide bonds. The lowest BCUT2D eigenvalue weighted by Crippen LogP contribution is -2.40. The maximum atomic E-state index is 12.3. The van der Waals surface area contributed by atoms with E-state index in [4.69, 9.17) is 0 Å². The first-order valence-corrected chi connectivity index (χ1v) is 12.0. The van der Waals surface area contributed by atoms with Gasteiger partial charge in [0.1, 0.15) is 0 Å². The zero-order chi connectivity index (χ0) is 22.2. The van der Waals surface area contributed by atoms with Crippen LogP contribution in [-0.4, -0.2) is 41.4 Å². The smallest absolute Gasteiger partial charge is 0.326 e. The Kier molecular flexibility index (Phi) is 5.74. The SMILES string of the molecule is CC(/C=C/c1ccccc1NS(C)(=O)=O)NC1CCn2c(=O)[nH]c3cccc(c32)C1O. The normalized spacial score (nSPS) is 20.1. The highest BCUT2D eigenvalue weighted by atomic mass is 32.2. The molecule has 3 unspecified atom stereocenters. The molecule has 0 radical (unpaired) electrons. The van der Waals surface area contributed by atoms with Gasteiger partial charge in [-0.05, 0) is 31.0 Å². The van der Waals surface area contributed by atoms with Crippen molar-refractivity contribution in [3.63, 3.8) is 0 Å². The highest BCUT2D eigenvalue weighted by molar-refractivity contribution is 7.92. The summed E-state index contributed by atoms with van der Waals surface area (Å²) in [7, 11) is -3.38. The third-order valence-corrected chi connectivity index (χ3v) is 6.08. The number of benzene rings is 2. The number of para-hydroxylation sites is 2. The zero-order valence-electron chi connectivity index (χ0n) is 17.4. The molecule has 2 heterocycles. The van der Waals surface area contributed by atoms with Crippen LogP contribution in [-0.2, 0) is 16.6 Å². The molecule has 3 aromatic rings. The lowest BCUT2D eigenvalue weighted by Gasteiger charge is -2.25. The van der Waals surface area contributed by atoms with Crippen molar-refractivity contribution in [1.82, 2.24) is 14.9 Å². The fourth-order valence-electron chi connectivity index (χ4n) is 4.09. The van der Waals surface area contributed by atoms with Gasteiger partial charge in [-0.25, -0.2) is 13.2 Å². The van der Waals surface area contributed by atoms with Gasteiger partial charge in [-0.15, -0.1) is 0 Å². The first-order valence-electron chi connectivity index (χ1n) is 10.1. The molecule has 0 fully saturated rings. The Labute approximate surface area is 180 Å². The van der Waals surface area contributed by atoms with Crippen molar-refractivity contribution < 1.29 is 13.5 Å². The van der Waals surface area contributed by atoms with Gasteiger partial charge in [-0.1, -0.05) is 42.5 Å². The van der Waals surface area contributed by atoms with Crippen molar-refractivity contribution in [1.29, 1.82) is 0 Å². The number of H-pyrrole nitrogens is 1. The van der Waals surface area contributed by atoms with Crippen LogP contribution in [0.5, 0.6) is 0 Å². The van der Waals surface area contributed by atoms with E-state index in [1.165, 1.54) is 0 Å². The molecule has 2 aromatic carbocycles. The number of rotatable bonds is 6. The number of aryl methyl sites for hydroxylation is 1. The average Bonchev–Trinajstić information content (AvgIpc) is 2.96. The number of hydrogen-bond donors (Lipinski definition) is 4. The van der Waals surface area contributed by atoms with Crippen LogP contribution < -0.4 is 15.7 Å². The highest BCUT2D eigenvalue weighted by Crippen LogP contribution is 2.30. The van der Waals surface area contributed by atoms with Gasteiger partial charge in [-0.3, -0.25) is 9.29 Å². The monoisotopic (exact) mass is 442 g/mol. The van der Waals surface area contributed by atoms with Crippen LogP contribution in [0, 0.1) is 0 Å². The van der Waals surface area contributed by atoms with E-state index >= 15 is 0 Å². The van der Waals surface area contributed by atoms with Crippen molar-refractivity contribution >= 4 is 32.8 Å². The first-order chi connectivity index (χ1) is 14.7. The van der Waals surface area contributed by atoms with E-state index < -0.39 is 16.1 Å². The third-order valence-electron chi connectivity index (χ3n) is 5.48. The van der Waals surface area contributed by atoms with Gasteiger partial charge in [-0.2, -0.15) is 0 Å². The maximum Gasteiger partial charge on any atom is 0.326 e. The molecule has 0 saturated carbocycles. The number of aliphatic hydroxyl groups is 1. The molecule has 0 spiro atoms. The quantitative estimate of drug-likeness (QED) is 0.467. The van der Waals surface area contributed by atoms with Crippen LogP contribution in [0.15, 0.2) is 53.3 Å². The van der Waals surface area contributed by atoms with Crippen molar-refractivity contribution in [3.05, 3.63) is 70.2 Å². The number of anilines is 1. The number of aromatic amines is 1. The van der Waals surface area contributed by atoms with Crippen molar-refractivity contribution in [2.24, 2.45) is 0 Å². The number of hydrogen-bond acceptors (Lipinski definition) is 5. The van der Waals surface area contributed by atoms with Gasteiger partial charge in [0.25, 0.3) is 0 Å². The van der Waals surface area contributed by atoms with E-state index in [0.717, 1.165) is 28.4 Å². The number of sulfonamides is 1. The summed E-state index contributed by atoms with van der Waals surface area (Å²) in [6.07, 6.45) is 4.72. The van der Waals surface area contributed by atoms with Crippen molar-refractivity contribution in [2.75, 3.05) is 11.0 Å². The molecular weight excluding hydrogens is 416 g/mol. The second kappa shape index (κ2) is 8.33. The molecule has 31 heavy (non-hydrogen) atoms. The summed E-state index contributed by atoms with van der Waals surface area (Å²) in [5, 5.41) is 14.5. The molecule has 164 valence electrons. The minimum Gasteiger partial charge on any atom is -0.387 e. The molecular formula is C22H26N4O4S. The molecule has 1 aromatic heterocycles. The summed E-state index contributed by atoms with van der Waals surface area (Å²) in [6, 6.07) is 12.3. The standard InChI is InChI=1S/C22H26N4O4S/c1-14(10-11-15-6-3-4-8-17(15)25-31(2,29)30)23-19-12-13-26-20-16(21(19)27)7-5-9-18(20)24-22(26)28/h3-11,14,19,21,23,25,27H,12-13H2,1-2H3,(H,24,28)/b11-10+. The summed E-state index contributed by atoms with van der Waals surface area (Å²) in [6.45, 7) is 2.47. The van der Waals surface area contributed by atoms with Crippen LogP contribution in [0.4, 0.5) is 5.69 Å². The Bertz CT molecular complexity index is 1290. The summed E-state index contributed by atoms with van der Waals surface area (Å²) < 4.78 is 27.4. The van der Waals surface area contributed by atoms with Crippen molar-refractivity contribution in [3.8, 4) is 0 Å². The molecule has 1 aliphatic heterocycles. The molecule has 0 aliphatic carbocycles. The molecule has 4 rings (SSSR count). The number of imidazole rings is 1. The van der Waals surface area contributed by atoms with Gasteiger partial charge in [0.2, 0.25) is 10.0 Å². The minimum absolute atomic E-state index is 0.0964. The van der Waals surface area contributed by atoms with E-state index in [1.807, 2.05) is 49.4 Å². The summed E-state index contributed by atoms with van der Waals surface area (Å²) >= 11 is 0. The van der Waals surface area contributed by atoms with Gasteiger partial charge >= 0.3 is 5.69 Å². The Balaban J connectivity index is 1.52. The van der Waals surface area contributed by atoms with Gasteiger partial charge in [0.15, 0.2) is 0 Å². The Morgan fingerprint density at radius 3 is 2.77 bits per heavy atom. The average molecular weight is 443 g/mol. The minimum atomic E-state index is -3.38. The van der Waals surface area contributed by atoms with E-state index in [9.17, 15) is 18.3 Å². The predicted octanol–water partition coefficient (Wildman–Crippen LogP) is 2.20. The maximum absolute atomic E-state index is 12.3. The van der Waals surface area contributed by atoms with Crippen LogP contribution in [0.1, 0.15) is 30.6 Å². The summed E-state index contributed by atoms with van der Waals surface area (Å²) in [5.74, 6) is 0. The lowest BCUT2D eigenvalue weighted by atomic mass is 9.99. The van der Waals surface area contributed by atoms with Crippen LogP contribution in [0.3, 0.4) is 0 Å². The molecule has 0 saturated heterocycles. The van der Waals surface area contributed by atoms with E-state index in [0.29, 0.717) is 18.7 Å². The first kappa shape index (κ1) is 21.4. The highest BCUT2D eigenvalue weighted by Gasteiger charge is 2.28. The number of nitrogens with zero attached hydrogens (tertiary/aromatic N) is 1. The summed E-state index contributed by atoms with van der Waals surface area (Å²) in [4.78, 5) is 15.1. The van der Waals surface area contributed by atoms with E-state index in [1.54, 1.807) is 16.7 Å². The lowest BCUT2D eigenvalue weighted by molar-refractivity contribution is 0.122. The van der Waals surface area contributed by atoms with Gasteiger partial charge < -0.3 is 15.4 Å². The number of nitrogens with one attached hydrogen (secondary N) is 3. The van der Waals surface area contributed by atoms with E-state index in [-0.39, 0.29) is 17.8 Å². The molecule has 0 bridgehead atoms. The molecule has 8 nitrogen and oxygen atoms in total. The van der Waals surface area contributed by atoms with E-state index in [2.05, 4.69) is 15.0 Å². The zero-order valence-corrected chi connectivity index (χ0v) is 18.2. The van der Waals surface area contributed by atoms with Crippen LogP contribution in [0.2, 0.25) is 0 Å². The number of aliphatic hydroxyl groups excluding tert-OH is 1. The topological polar surface area (TPSA) is 116 Å². The fourth-order valence-corrected chi connectivity index (χ4v) is 4.68. The molecule has 9 heteroatoms. The number of aromatic nitrogens is 2. The Morgan fingerprint density at radius 1 is 1.23 bits per heavy atom. The van der Waals surface area contributed by atoms with Crippen LogP contribution >= 0.6 is 0 Å². The predicted molar refractivity (Wildman–Crippen MR) is 122 cm³/mol. The largest absolute Gasteiger partial charge is 0.387 e. The summed E-state index contributed by atoms with van der Waals surface area (Å²) in [5.41, 5.74) is 3.30.